The van der Waals surface area contributed by atoms with Gasteiger partial charge < -0.3 is 9.15 Å². The highest BCUT2D eigenvalue weighted by atomic mass is 35.5. The van der Waals surface area contributed by atoms with Gasteiger partial charge in [-0.05, 0) is 60.5 Å². The molecule has 160 valence electrons. The van der Waals surface area contributed by atoms with Crippen molar-refractivity contribution in [2.45, 2.75) is 13.0 Å². The zero-order chi connectivity index (χ0) is 22.6. The summed E-state index contributed by atoms with van der Waals surface area (Å²) in [4.78, 5) is 28.5. The fourth-order valence-corrected chi connectivity index (χ4v) is 4.24. The summed E-state index contributed by atoms with van der Waals surface area (Å²) >= 11 is 6.34. The van der Waals surface area contributed by atoms with Crippen molar-refractivity contribution in [1.82, 2.24) is 0 Å². The van der Waals surface area contributed by atoms with E-state index >= 15 is 0 Å². The number of benzene rings is 3. The van der Waals surface area contributed by atoms with Crippen LogP contribution in [-0.4, -0.2) is 13.0 Å². The van der Waals surface area contributed by atoms with Gasteiger partial charge in [-0.3, -0.25) is 14.5 Å². The summed E-state index contributed by atoms with van der Waals surface area (Å²) in [7, 11) is 1.54. The van der Waals surface area contributed by atoms with Crippen molar-refractivity contribution in [2.75, 3.05) is 12.0 Å². The number of carbonyl (C=O) groups excluding carboxylic acids is 1. The fourth-order valence-electron chi connectivity index (χ4n) is 4.07. The van der Waals surface area contributed by atoms with E-state index in [-0.39, 0.29) is 22.3 Å². The third-order valence-corrected chi connectivity index (χ3v) is 6.08. The highest BCUT2D eigenvalue weighted by Gasteiger charge is 2.43. The summed E-state index contributed by atoms with van der Waals surface area (Å²) in [6, 6.07) is 15.2. The van der Waals surface area contributed by atoms with Crippen molar-refractivity contribution < 1.29 is 18.3 Å². The SMILES string of the molecule is COc1cccc(C2c3c(oc4ccc(F)cc4c3=O)C(=O)N2c2ccc(C)c(Cl)c2)c1. The Hall–Kier alpha value is -3.64. The molecule has 5 nitrogen and oxygen atoms in total. The standard InChI is InChI=1S/C25H17ClFNO4/c1-13-6-8-16(12-19(13)26)28-22(14-4-3-5-17(10-14)31-2)21-23(29)18-11-15(27)7-9-20(18)32-24(21)25(28)30/h3-12,22H,1-2H3. The van der Waals surface area contributed by atoms with Crippen LogP contribution in [0.15, 0.2) is 69.9 Å². The van der Waals surface area contributed by atoms with Gasteiger partial charge in [0.1, 0.15) is 17.1 Å². The Labute approximate surface area is 187 Å². The van der Waals surface area contributed by atoms with Crippen LogP contribution in [0.2, 0.25) is 5.02 Å². The van der Waals surface area contributed by atoms with E-state index in [1.807, 2.05) is 6.92 Å². The van der Waals surface area contributed by atoms with Crippen LogP contribution in [-0.2, 0) is 0 Å². The van der Waals surface area contributed by atoms with Gasteiger partial charge in [0.25, 0.3) is 5.91 Å². The summed E-state index contributed by atoms with van der Waals surface area (Å²) in [6.45, 7) is 1.86. The smallest absolute Gasteiger partial charge is 0.295 e. The molecule has 0 spiro atoms. The second-order valence-electron chi connectivity index (χ2n) is 7.60. The Kier molecular flexibility index (Phi) is 4.75. The summed E-state index contributed by atoms with van der Waals surface area (Å²) in [5, 5.41) is 0.565. The molecule has 1 aliphatic rings. The molecular weight excluding hydrogens is 433 g/mol. The van der Waals surface area contributed by atoms with Gasteiger partial charge in [0.2, 0.25) is 5.76 Å². The topological polar surface area (TPSA) is 59.8 Å². The average molecular weight is 450 g/mol. The maximum Gasteiger partial charge on any atom is 0.295 e. The molecule has 3 aromatic carbocycles. The zero-order valence-electron chi connectivity index (χ0n) is 17.2. The minimum atomic E-state index is -0.796. The number of hydrogen-bond acceptors (Lipinski definition) is 4. The van der Waals surface area contributed by atoms with Crippen LogP contribution in [0, 0.1) is 12.7 Å². The molecular formula is C25H17ClFNO4. The number of amides is 1. The molecule has 0 saturated carbocycles. The highest BCUT2D eigenvalue weighted by molar-refractivity contribution is 6.31. The maximum absolute atomic E-state index is 13.9. The predicted octanol–water partition coefficient (Wildman–Crippen LogP) is 5.65. The average Bonchev–Trinajstić information content (AvgIpc) is 3.09. The number of anilines is 1. The second-order valence-corrected chi connectivity index (χ2v) is 8.01. The highest BCUT2D eigenvalue weighted by Crippen LogP contribution is 2.42. The van der Waals surface area contributed by atoms with Crippen LogP contribution in [0.5, 0.6) is 5.75 Å². The molecule has 1 aliphatic heterocycles. The molecule has 0 saturated heterocycles. The molecule has 0 fully saturated rings. The Bertz CT molecular complexity index is 1460. The molecule has 0 radical (unpaired) electrons. The van der Waals surface area contributed by atoms with E-state index in [0.717, 1.165) is 11.6 Å². The Morgan fingerprint density at radius 2 is 1.88 bits per heavy atom. The number of halogens is 2. The predicted molar refractivity (Wildman–Crippen MR) is 120 cm³/mol. The molecule has 1 amide bonds. The second kappa shape index (κ2) is 7.50. The summed E-state index contributed by atoms with van der Waals surface area (Å²) in [6.07, 6.45) is 0. The van der Waals surface area contributed by atoms with Gasteiger partial charge >= 0.3 is 0 Å². The van der Waals surface area contributed by atoms with Crippen LogP contribution < -0.4 is 15.1 Å². The lowest BCUT2D eigenvalue weighted by Gasteiger charge is -2.26. The number of ether oxygens (including phenoxy) is 1. The van der Waals surface area contributed by atoms with Crippen molar-refractivity contribution in [3.05, 3.63) is 104 Å². The van der Waals surface area contributed by atoms with E-state index in [1.54, 1.807) is 42.5 Å². The van der Waals surface area contributed by atoms with E-state index in [0.29, 0.717) is 22.0 Å². The Balaban J connectivity index is 1.82. The van der Waals surface area contributed by atoms with Crippen LogP contribution in [0.4, 0.5) is 10.1 Å². The zero-order valence-corrected chi connectivity index (χ0v) is 17.9. The molecule has 7 heteroatoms. The number of aryl methyl sites for hydroxylation is 1. The first kappa shape index (κ1) is 20.3. The van der Waals surface area contributed by atoms with Gasteiger partial charge in [-0.1, -0.05) is 29.8 Å². The molecule has 0 aliphatic carbocycles. The molecule has 2 heterocycles. The van der Waals surface area contributed by atoms with Crippen molar-refractivity contribution in [2.24, 2.45) is 0 Å². The van der Waals surface area contributed by atoms with Crippen molar-refractivity contribution >= 4 is 34.2 Å². The fraction of sp³-hybridized carbons (Fsp3) is 0.120. The van der Waals surface area contributed by atoms with Crippen LogP contribution in [0.1, 0.15) is 33.3 Å². The summed E-state index contributed by atoms with van der Waals surface area (Å²) in [5.74, 6) is -0.537. The van der Waals surface area contributed by atoms with Gasteiger partial charge in [-0.25, -0.2) is 4.39 Å². The molecule has 0 N–H and O–H groups in total. The first-order valence-corrected chi connectivity index (χ1v) is 10.3. The molecule has 4 aromatic rings. The Morgan fingerprint density at radius 1 is 1.06 bits per heavy atom. The molecule has 1 aromatic heterocycles. The van der Waals surface area contributed by atoms with E-state index < -0.39 is 23.2 Å². The number of methoxy groups -OCH3 is 1. The summed E-state index contributed by atoms with van der Waals surface area (Å²) < 4.78 is 25.1. The third kappa shape index (κ3) is 3.07. The van der Waals surface area contributed by atoms with Crippen LogP contribution in [0.25, 0.3) is 11.0 Å². The minimum Gasteiger partial charge on any atom is -0.497 e. The van der Waals surface area contributed by atoms with Gasteiger partial charge in [-0.2, -0.15) is 0 Å². The summed E-state index contributed by atoms with van der Waals surface area (Å²) in [5.41, 5.74) is 1.86. The van der Waals surface area contributed by atoms with E-state index in [2.05, 4.69) is 0 Å². The minimum absolute atomic E-state index is 0.0707. The molecule has 5 rings (SSSR count). The number of nitrogens with zero attached hydrogens (tertiary/aromatic N) is 1. The van der Waals surface area contributed by atoms with Crippen molar-refractivity contribution in [3.8, 4) is 5.75 Å². The molecule has 1 atom stereocenters. The van der Waals surface area contributed by atoms with Crippen molar-refractivity contribution in [1.29, 1.82) is 0 Å². The number of rotatable bonds is 3. The van der Waals surface area contributed by atoms with Gasteiger partial charge in [-0.15, -0.1) is 0 Å². The van der Waals surface area contributed by atoms with Gasteiger partial charge in [0.05, 0.1) is 24.1 Å². The van der Waals surface area contributed by atoms with E-state index in [9.17, 15) is 14.0 Å². The number of fused-ring (bicyclic) bond motifs is 2. The lowest BCUT2D eigenvalue weighted by atomic mass is 9.98. The first-order chi connectivity index (χ1) is 15.4. The van der Waals surface area contributed by atoms with Crippen molar-refractivity contribution in [3.63, 3.8) is 0 Å². The van der Waals surface area contributed by atoms with E-state index in [4.69, 9.17) is 20.8 Å². The number of hydrogen-bond donors (Lipinski definition) is 0. The largest absolute Gasteiger partial charge is 0.497 e. The lowest BCUT2D eigenvalue weighted by molar-refractivity contribution is 0.0971. The Morgan fingerprint density at radius 3 is 2.62 bits per heavy atom. The quantitative estimate of drug-likeness (QED) is 0.405. The lowest BCUT2D eigenvalue weighted by Crippen LogP contribution is -2.29. The maximum atomic E-state index is 13.9. The van der Waals surface area contributed by atoms with Gasteiger partial charge in [0, 0.05) is 10.7 Å². The van der Waals surface area contributed by atoms with Gasteiger partial charge in [0.15, 0.2) is 5.43 Å². The molecule has 1 unspecified atom stereocenters. The molecule has 32 heavy (non-hydrogen) atoms. The normalized spacial score (nSPS) is 15.3. The van der Waals surface area contributed by atoms with Crippen LogP contribution in [0.3, 0.4) is 0 Å². The number of carbonyl (C=O) groups is 1. The monoisotopic (exact) mass is 449 g/mol. The van der Waals surface area contributed by atoms with Crippen LogP contribution >= 0.6 is 11.6 Å². The first-order valence-electron chi connectivity index (χ1n) is 9.89. The molecule has 0 bridgehead atoms. The van der Waals surface area contributed by atoms with E-state index in [1.165, 1.54) is 24.1 Å². The third-order valence-electron chi connectivity index (χ3n) is 5.68.